The number of aromatic nitrogens is 1. The van der Waals surface area contributed by atoms with Crippen LogP contribution in [0.25, 0.3) is 0 Å². The molecule has 0 aliphatic heterocycles. The lowest BCUT2D eigenvalue weighted by atomic mass is 9.78. The third-order valence-corrected chi connectivity index (χ3v) is 4.35. The number of likely N-dealkylation sites (N-methyl/N-ethyl adjacent to an activating group) is 1. The van der Waals surface area contributed by atoms with Crippen LogP contribution >= 0.6 is 0 Å². The normalized spacial score (nSPS) is 17.1. The van der Waals surface area contributed by atoms with Gasteiger partial charge in [0.1, 0.15) is 5.75 Å². The van der Waals surface area contributed by atoms with E-state index in [0.29, 0.717) is 6.04 Å². The molecule has 1 N–H and O–H groups in total. The number of ether oxygens (including phenoxy) is 1. The Balaban J connectivity index is 2.16. The zero-order chi connectivity index (χ0) is 13.8. The standard InChI is InChI=1S/C16H26N2O/c1-5-17-15(13-7-6-8-13)9-14-12(3)16(19-4)11(2)10-18-14/h10,13,15,17H,5-9H2,1-4H3. The highest BCUT2D eigenvalue weighted by molar-refractivity contribution is 5.41. The van der Waals surface area contributed by atoms with Crippen molar-refractivity contribution >= 4 is 0 Å². The fraction of sp³-hybridized carbons (Fsp3) is 0.688. The zero-order valence-corrected chi connectivity index (χ0v) is 12.6. The van der Waals surface area contributed by atoms with Gasteiger partial charge in [-0.3, -0.25) is 4.98 Å². The minimum absolute atomic E-state index is 0.567. The van der Waals surface area contributed by atoms with Gasteiger partial charge in [-0.2, -0.15) is 0 Å². The van der Waals surface area contributed by atoms with Crippen LogP contribution in [0.2, 0.25) is 0 Å². The maximum Gasteiger partial charge on any atom is 0.128 e. The Morgan fingerprint density at radius 1 is 1.42 bits per heavy atom. The molecule has 1 atom stereocenters. The summed E-state index contributed by atoms with van der Waals surface area (Å²) in [6.07, 6.45) is 7.06. The Labute approximate surface area is 116 Å². The molecule has 1 aromatic rings. The van der Waals surface area contributed by atoms with Gasteiger partial charge in [-0.15, -0.1) is 0 Å². The highest BCUT2D eigenvalue weighted by Crippen LogP contribution is 2.32. The van der Waals surface area contributed by atoms with Gasteiger partial charge in [0.15, 0.2) is 0 Å². The predicted octanol–water partition coefficient (Wildman–Crippen LogP) is 3.03. The third kappa shape index (κ3) is 3.08. The molecule has 19 heavy (non-hydrogen) atoms. The SMILES string of the molecule is CCNC(Cc1ncc(C)c(OC)c1C)C1CCC1. The van der Waals surface area contributed by atoms with E-state index in [4.69, 9.17) is 4.74 Å². The lowest BCUT2D eigenvalue weighted by Crippen LogP contribution is -2.41. The Morgan fingerprint density at radius 2 is 2.16 bits per heavy atom. The smallest absolute Gasteiger partial charge is 0.128 e. The average Bonchev–Trinajstić information content (AvgIpc) is 2.31. The van der Waals surface area contributed by atoms with E-state index in [1.165, 1.54) is 30.5 Å². The molecule has 1 aromatic heterocycles. The van der Waals surface area contributed by atoms with Crippen LogP contribution in [0, 0.1) is 19.8 Å². The fourth-order valence-corrected chi connectivity index (χ4v) is 3.00. The Morgan fingerprint density at radius 3 is 2.68 bits per heavy atom. The lowest BCUT2D eigenvalue weighted by molar-refractivity contribution is 0.228. The van der Waals surface area contributed by atoms with Crippen molar-refractivity contribution in [1.82, 2.24) is 10.3 Å². The topological polar surface area (TPSA) is 34.2 Å². The van der Waals surface area contributed by atoms with Crippen molar-refractivity contribution in [3.63, 3.8) is 0 Å². The van der Waals surface area contributed by atoms with E-state index in [2.05, 4.69) is 31.1 Å². The van der Waals surface area contributed by atoms with Crippen LogP contribution < -0.4 is 10.1 Å². The first-order chi connectivity index (χ1) is 9.17. The molecule has 1 aliphatic rings. The number of methoxy groups -OCH3 is 1. The van der Waals surface area contributed by atoms with Crippen LogP contribution in [0.5, 0.6) is 5.75 Å². The van der Waals surface area contributed by atoms with Crippen molar-refractivity contribution in [1.29, 1.82) is 0 Å². The molecule has 0 amide bonds. The average molecular weight is 262 g/mol. The van der Waals surface area contributed by atoms with Gasteiger partial charge in [0.25, 0.3) is 0 Å². The van der Waals surface area contributed by atoms with Crippen LogP contribution in [-0.4, -0.2) is 24.7 Å². The van der Waals surface area contributed by atoms with Crippen molar-refractivity contribution in [2.45, 2.75) is 52.5 Å². The van der Waals surface area contributed by atoms with Gasteiger partial charge >= 0.3 is 0 Å². The highest BCUT2D eigenvalue weighted by Gasteiger charge is 2.27. The van der Waals surface area contributed by atoms with Gasteiger partial charge in [0.05, 0.1) is 7.11 Å². The monoisotopic (exact) mass is 262 g/mol. The molecular formula is C16H26N2O. The first kappa shape index (κ1) is 14.3. The first-order valence-electron chi connectivity index (χ1n) is 7.39. The summed E-state index contributed by atoms with van der Waals surface area (Å²) in [5, 5.41) is 3.63. The van der Waals surface area contributed by atoms with Crippen molar-refractivity contribution in [3.8, 4) is 5.75 Å². The summed E-state index contributed by atoms with van der Waals surface area (Å²) in [6.45, 7) is 7.39. The molecular weight excluding hydrogens is 236 g/mol. The molecule has 0 aromatic carbocycles. The van der Waals surface area contributed by atoms with E-state index in [0.717, 1.165) is 30.2 Å². The van der Waals surface area contributed by atoms with Crippen LogP contribution in [0.4, 0.5) is 0 Å². The van der Waals surface area contributed by atoms with Gasteiger partial charge in [0, 0.05) is 35.5 Å². The number of pyridine rings is 1. The van der Waals surface area contributed by atoms with Gasteiger partial charge in [-0.1, -0.05) is 13.3 Å². The van der Waals surface area contributed by atoms with Gasteiger partial charge in [-0.05, 0) is 39.2 Å². The maximum absolute atomic E-state index is 5.50. The maximum atomic E-state index is 5.50. The number of nitrogens with one attached hydrogen (secondary N) is 1. The molecule has 0 spiro atoms. The summed E-state index contributed by atoms with van der Waals surface area (Å²) in [7, 11) is 1.74. The van der Waals surface area contributed by atoms with E-state index in [9.17, 15) is 0 Å². The van der Waals surface area contributed by atoms with Crippen LogP contribution in [0.3, 0.4) is 0 Å². The van der Waals surface area contributed by atoms with E-state index >= 15 is 0 Å². The summed E-state index contributed by atoms with van der Waals surface area (Å²) >= 11 is 0. The summed E-state index contributed by atoms with van der Waals surface area (Å²) in [4.78, 5) is 4.63. The molecule has 1 heterocycles. The molecule has 0 bridgehead atoms. The Kier molecular flexibility index (Phi) is 4.81. The van der Waals surface area contributed by atoms with Crippen LogP contribution in [0.15, 0.2) is 6.20 Å². The summed E-state index contributed by atoms with van der Waals surface area (Å²) < 4.78 is 5.50. The number of aryl methyl sites for hydroxylation is 1. The number of rotatable bonds is 6. The van der Waals surface area contributed by atoms with Gasteiger partial charge in [-0.25, -0.2) is 0 Å². The summed E-state index contributed by atoms with van der Waals surface area (Å²) in [5.74, 6) is 1.82. The van der Waals surface area contributed by atoms with Crippen molar-refractivity contribution < 1.29 is 4.74 Å². The van der Waals surface area contributed by atoms with Gasteiger partial charge < -0.3 is 10.1 Å². The lowest BCUT2D eigenvalue weighted by Gasteiger charge is -2.34. The van der Waals surface area contributed by atoms with Crippen LogP contribution in [-0.2, 0) is 6.42 Å². The number of hydrogen-bond acceptors (Lipinski definition) is 3. The molecule has 3 nitrogen and oxygen atoms in total. The second kappa shape index (κ2) is 6.38. The Hall–Kier alpha value is -1.09. The molecule has 0 saturated heterocycles. The molecule has 1 fully saturated rings. The largest absolute Gasteiger partial charge is 0.496 e. The Bertz CT molecular complexity index is 427. The van der Waals surface area contributed by atoms with Crippen molar-refractivity contribution in [2.24, 2.45) is 5.92 Å². The molecule has 0 radical (unpaired) electrons. The second-order valence-electron chi connectivity index (χ2n) is 5.61. The van der Waals surface area contributed by atoms with Crippen LogP contribution in [0.1, 0.15) is 43.0 Å². The molecule has 3 heteroatoms. The molecule has 1 saturated carbocycles. The van der Waals surface area contributed by atoms with E-state index in [1.807, 2.05) is 6.20 Å². The van der Waals surface area contributed by atoms with E-state index in [-0.39, 0.29) is 0 Å². The van der Waals surface area contributed by atoms with Gasteiger partial charge in [0.2, 0.25) is 0 Å². The van der Waals surface area contributed by atoms with Crippen molar-refractivity contribution in [3.05, 3.63) is 23.0 Å². The predicted molar refractivity (Wildman–Crippen MR) is 78.8 cm³/mol. The third-order valence-electron chi connectivity index (χ3n) is 4.35. The minimum Gasteiger partial charge on any atom is -0.496 e. The summed E-state index contributed by atoms with van der Waals surface area (Å²) in [6, 6.07) is 0.567. The molecule has 1 aliphatic carbocycles. The minimum atomic E-state index is 0.567. The highest BCUT2D eigenvalue weighted by atomic mass is 16.5. The zero-order valence-electron chi connectivity index (χ0n) is 12.6. The fourth-order valence-electron chi connectivity index (χ4n) is 3.00. The summed E-state index contributed by atoms with van der Waals surface area (Å²) in [5.41, 5.74) is 3.50. The van der Waals surface area contributed by atoms with E-state index in [1.54, 1.807) is 7.11 Å². The molecule has 1 unspecified atom stereocenters. The first-order valence-corrected chi connectivity index (χ1v) is 7.39. The van der Waals surface area contributed by atoms with Crippen molar-refractivity contribution in [2.75, 3.05) is 13.7 Å². The second-order valence-corrected chi connectivity index (χ2v) is 5.61. The van der Waals surface area contributed by atoms with E-state index < -0.39 is 0 Å². The number of hydrogen-bond donors (Lipinski definition) is 1. The number of nitrogens with zero attached hydrogens (tertiary/aromatic N) is 1. The molecule has 2 rings (SSSR count). The quantitative estimate of drug-likeness (QED) is 0.855. The molecule has 106 valence electrons.